The molecule has 0 aliphatic carbocycles. The highest BCUT2D eigenvalue weighted by Crippen LogP contribution is 2.23. The first-order valence-corrected chi connectivity index (χ1v) is 5.33. The first-order valence-electron chi connectivity index (χ1n) is 5.33. The zero-order chi connectivity index (χ0) is 13.0. The van der Waals surface area contributed by atoms with Gasteiger partial charge in [-0.15, -0.1) is 0 Å². The smallest absolute Gasteiger partial charge is 0.345 e. The molecule has 0 aliphatic heterocycles. The molecule has 1 aromatic heterocycles. The van der Waals surface area contributed by atoms with E-state index in [-0.39, 0.29) is 11.4 Å². The van der Waals surface area contributed by atoms with E-state index in [2.05, 4.69) is 14.7 Å². The number of aryl methyl sites for hydroxylation is 1. The van der Waals surface area contributed by atoms with E-state index >= 15 is 0 Å². The predicted octanol–water partition coefficient (Wildman–Crippen LogP) is 2.36. The van der Waals surface area contributed by atoms with E-state index in [1.165, 1.54) is 19.6 Å². The number of aromatic nitrogens is 2. The molecule has 0 unspecified atom stereocenters. The summed E-state index contributed by atoms with van der Waals surface area (Å²) in [5.74, 6) is 0.263. The molecule has 0 saturated carbocycles. The van der Waals surface area contributed by atoms with E-state index in [4.69, 9.17) is 4.74 Å². The van der Waals surface area contributed by atoms with Gasteiger partial charge in [-0.1, -0.05) is 12.1 Å². The molecule has 2 rings (SSSR count). The number of hydrogen-bond acceptors (Lipinski definition) is 5. The molecular weight excluding hydrogens is 232 g/mol. The van der Waals surface area contributed by atoms with Crippen molar-refractivity contribution in [2.24, 2.45) is 0 Å². The van der Waals surface area contributed by atoms with Crippen LogP contribution < -0.4 is 4.74 Å². The lowest BCUT2D eigenvalue weighted by Gasteiger charge is -2.08. The van der Waals surface area contributed by atoms with E-state index in [9.17, 15) is 4.79 Å². The molecule has 92 valence electrons. The van der Waals surface area contributed by atoms with Crippen LogP contribution in [-0.4, -0.2) is 23.0 Å². The standard InChI is InChI=1S/C13H12N2O3/c1-9-4-3-5-10(6-9)18-12-11(13(16)17-2)7-14-8-15-12/h3-8H,1-2H3. The molecule has 0 spiro atoms. The Kier molecular flexibility index (Phi) is 3.52. The number of hydrogen-bond donors (Lipinski definition) is 0. The van der Waals surface area contributed by atoms with Gasteiger partial charge in [-0.25, -0.2) is 14.8 Å². The van der Waals surface area contributed by atoms with Crippen molar-refractivity contribution in [1.82, 2.24) is 9.97 Å². The van der Waals surface area contributed by atoms with Crippen molar-refractivity contribution in [1.29, 1.82) is 0 Å². The number of carbonyl (C=O) groups excluding carboxylic acids is 1. The number of nitrogens with zero attached hydrogens (tertiary/aromatic N) is 2. The molecule has 0 N–H and O–H groups in total. The maximum Gasteiger partial charge on any atom is 0.345 e. The number of benzene rings is 1. The Balaban J connectivity index is 2.32. The first-order chi connectivity index (χ1) is 8.70. The number of methoxy groups -OCH3 is 1. The van der Waals surface area contributed by atoms with Gasteiger partial charge >= 0.3 is 5.97 Å². The molecule has 0 atom stereocenters. The van der Waals surface area contributed by atoms with E-state index < -0.39 is 5.97 Å². The van der Waals surface area contributed by atoms with Gasteiger partial charge in [0, 0.05) is 6.20 Å². The molecule has 1 aromatic carbocycles. The predicted molar refractivity (Wildman–Crippen MR) is 64.6 cm³/mol. The van der Waals surface area contributed by atoms with Crippen LogP contribution in [0.3, 0.4) is 0 Å². The molecule has 0 amide bonds. The summed E-state index contributed by atoms with van der Waals surface area (Å²) < 4.78 is 10.2. The Morgan fingerprint density at radius 2 is 2.17 bits per heavy atom. The van der Waals surface area contributed by atoms with Gasteiger partial charge in [0.2, 0.25) is 5.88 Å². The third kappa shape index (κ3) is 2.63. The minimum absolute atomic E-state index is 0.183. The van der Waals surface area contributed by atoms with Crippen LogP contribution in [0.5, 0.6) is 11.6 Å². The summed E-state index contributed by atoms with van der Waals surface area (Å²) in [6.07, 6.45) is 2.68. The molecule has 5 nitrogen and oxygen atoms in total. The zero-order valence-electron chi connectivity index (χ0n) is 10.1. The summed E-state index contributed by atoms with van der Waals surface area (Å²) >= 11 is 0. The van der Waals surface area contributed by atoms with Crippen LogP contribution in [0.15, 0.2) is 36.8 Å². The van der Waals surface area contributed by atoms with E-state index in [1.54, 1.807) is 6.07 Å². The summed E-state index contributed by atoms with van der Waals surface area (Å²) in [5.41, 5.74) is 1.25. The van der Waals surface area contributed by atoms with Crippen LogP contribution in [0.2, 0.25) is 0 Å². The van der Waals surface area contributed by atoms with Crippen LogP contribution >= 0.6 is 0 Å². The molecule has 0 radical (unpaired) electrons. The van der Waals surface area contributed by atoms with Gasteiger partial charge < -0.3 is 9.47 Å². The van der Waals surface area contributed by atoms with Crippen LogP contribution in [0.1, 0.15) is 15.9 Å². The third-order valence-corrected chi connectivity index (χ3v) is 2.29. The molecule has 0 saturated heterocycles. The molecule has 0 fully saturated rings. The fourth-order valence-electron chi connectivity index (χ4n) is 1.44. The highest BCUT2D eigenvalue weighted by molar-refractivity contribution is 5.91. The van der Waals surface area contributed by atoms with E-state index in [1.807, 2.05) is 25.1 Å². The van der Waals surface area contributed by atoms with E-state index in [0.29, 0.717) is 5.75 Å². The Morgan fingerprint density at radius 1 is 1.33 bits per heavy atom. The summed E-state index contributed by atoms with van der Waals surface area (Å²) in [6.45, 7) is 1.95. The SMILES string of the molecule is COC(=O)c1cncnc1Oc1cccc(C)c1. The second-order valence-electron chi connectivity index (χ2n) is 3.65. The van der Waals surface area contributed by atoms with Crippen LogP contribution in [0.25, 0.3) is 0 Å². The average molecular weight is 244 g/mol. The number of esters is 1. The van der Waals surface area contributed by atoms with Gasteiger partial charge in [-0.3, -0.25) is 0 Å². The Labute approximate surface area is 104 Å². The van der Waals surface area contributed by atoms with Gasteiger partial charge in [-0.2, -0.15) is 0 Å². The minimum atomic E-state index is -0.529. The molecule has 1 heterocycles. The van der Waals surface area contributed by atoms with Crippen molar-refractivity contribution in [3.8, 4) is 11.6 Å². The summed E-state index contributed by atoms with van der Waals surface area (Å²) in [5, 5.41) is 0. The zero-order valence-corrected chi connectivity index (χ0v) is 10.1. The maximum atomic E-state index is 11.5. The summed E-state index contributed by atoms with van der Waals surface area (Å²) in [7, 11) is 1.30. The Hall–Kier alpha value is -2.43. The highest BCUT2D eigenvalue weighted by atomic mass is 16.5. The van der Waals surface area contributed by atoms with Crippen LogP contribution in [-0.2, 0) is 4.74 Å². The maximum absolute atomic E-state index is 11.5. The first kappa shape index (κ1) is 12.0. The lowest BCUT2D eigenvalue weighted by Crippen LogP contribution is -2.05. The van der Waals surface area contributed by atoms with Crippen LogP contribution in [0.4, 0.5) is 0 Å². The van der Waals surface area contributed by atoms with Crippen molar-refractivity contribution in [2.45, 2.75) is 6.92 Å². The summed E-state index contributed by atoms with van der Waals surface area (Å²) in [6, 6.07) is 7.46. The van der Waals surface area contributed by atoms with Gasteiger partial charge in [0.25, 0.3) is 0 Å². The quantitative estimate of drug-likeness (QED) is 0.775. The Morgan fingerprint density at radius 3 is 2.89 bits per heavy atom. The normalized spacial score (nSPS) is 9.89. The van der Waals surface area contributed by atoms with Crippen molar-refractivity contribution in [2.75, 3.05) is 7.11 Å². The van der Waals surface area contributed by atoms with Gasteiger partial charge in [0.15, 0.2) is 0 Å². The fourth-order valence-corrected chi connectivity index (χ4v) is 1.44. The van der Waals surface area contributed by atoms with Crippen LogP contribution in [0, 0.1) is 6.92 Å². The fraction of sp³-hybridized carbons (Fsp3) is 0.154. The summed E-state index contributed by atoms with van der Waals surface area (Å²) in [4.78, 5) is 19.2. The molecule has 2 aromatic rings. The number of ether oxygens (including phenoxy) is 2. The topological polar surface area (TPSA) is 61.3 Å². The second-order valence-corrected chi connectivity index (χ2v) is 3.65. The third-order valence-electron chi connectivity index (χ3n) is 2.29. The molecular formula is C13H12N2O3. The van der Waals surface area contributed by atoms with Crippen molar-refractivity contribution >= 4 is 5.97 Å². The number of carbonyl (C=O) groups is 1. The minimum Gasteiger partial charge on any atom is -0.465 e. The second kappa shape index (κ2) is 5.27. The monoisotopic (exact) mass is 244 g/mol. The highest BCUT2D eigenvalue weighted by Gasteiger charge is 2.15. The van der Waals surface area contributed by atoms with Gasteiger partial charge in [0.05, 0.1) is 7.11 Å². The largest absolute Gasteiger partial charge is 0.465 e. The lowest BCUT2D eigenvalue weighted by molar-refractivity contribution is 0.0596. The molecule has 0 aliphatic rings. The van der Waals surface area contributed by atoms with Crippen molar-refractivity contribution in [3.05, 3.63) is 47.9 Å². The van der Waals surface area contributed by atoms with Crippen molar-refractivity contribution < 1.29 is 14.3 Å². The molecule has 0 bridgehead atoms. The molecule has 18 heavy (non-hydrogen) atoms. The van der Waals surface area contributed by atoms with Gasteiger partial charge in [-0.05, 0) is 24.6 Å². The van der Waals surface area contributed by atoms with E-state index in [0.717, 1.165) is 5.56 Å². The average Bonchev–Trinajstić information content (AvgIpc) is 2.38. The molecule has 5 heteroatoms. The Bertz CT molecular complexity index is 570. The lowest BCUT2D eigenvalue weighted by atomic mass is 10.2. The van der Waals surface area contributed by atoms with Gasteiger partial charge in [0.1, 0.15) is 17.6 Å². The number of rotatable bonds is 3. The van der Waals surface area contributed by atoms with Crippen molar-refractivity contribution in [3.63, 3.8) is 0 Å².